The van der Waals surface area contributed by atoms with Crippen molar-refractivity contribution in [2.24, 2.45) is 10.3 Å². The Bertz CT molecular complexity index is 436. The van der Waals surface area contributed by atoms with Crippen LogP contribution in [0.25, 0.3) is 0 Å². The van der Waals surface area contributed by atoms with Crippen LogP contribution in [0.1, 0.15) is 0 Å². The lowest BCUT2D eigenvalue weighted by Gasteiger charge is -1.91. The molecule has 0 unspecified atom stereocenters. The third-order valence-electron chi connectivity index (χ3n) is 1.08. The van der Waals surface area contributed by atoms with Gasteiger partial charge in [-0.2, -0.15) is 8.42 Å². The van der Waals surface area contributed by atoms with Gasteiger partial charge in [0.2, 0.25) is 0 Å². The zero-order valence-corrected chi connectivity index (χ0v) is 8.22. The first-order chi connectivity index (χ1) is 6.72. The maximum absolute atomic E-state index is 10.1. The summed E-state index contributed by atoms with van der Waals surface area (Å²) in [6.07, 6.45) is 0. The summed E-state index contributed by atoms with van der Waals surface area (Å²) in [6, 6.07) is 5.55. The number of phenols is 1. The summed E-state index contributed by atoms with van der Waals surface area (Å²) in [4.78, 5) is 9.44. The molecule has 0 atom stereocenters. The fraction of sp³-hybridized carbons (Fsp3) is 0. The molecule has 0 aromatic heterocycles. The fourth-order valence-electron chi connectivity index (χ4n) is 0.619. The Labute approximate surface area is 85.5 Å². The predicted molar refractivity (Wildman–Crippen MR) is 52.1 cm³/mol. The van der Waals surface area contributed by atoms with Crippen LogP contribution in [0.15, 0.2) is 24.3 Å². The Morgan fingerprint density at radius 1 is 1.27 bits per heavy atom. The van der Waals surface area contributed by atoms with Crippen LogP contribution in [0.3, 0.4) is 0 Å². The van der Waals surface area contributed by atoms with Gasteiger partial charge in [0.1, 0.15) is 0 Å². The molecule has 1 aromatic rings. The number of benzene rings is 1. The van der Waals surface area contributed by atoms with Gasteiger partial charge in [0.25, 0.3) is 10.2 Å². The van der Waals surface area contributed by atoms with E-state index < -0.39 is 15.1 Å². The van der Waals surface area contributed by atoms with Crippen LogP contribution in [0, 0.1) is 10.1 Å². The monoisotopic (exact) mass is 235 g/mol. The third-order valence-corrected chi connectivity index (χ3v) is 1.08. The second kappa shape index (κ2) is 5.24. The number of rotatable bonds is 1. The Hall–Kier alpha value is -1.71. The first-order valence-electron chi connectivity index (χ1n) is 3.44. The molecule has 9 heteroatoms. The second-order valence-corrected chi connectivity index (χ2v) is 3.51. The fourth-order valence-corrected chi connectivity index (χ4v) is 0.619. The Kier molecular flexibility index (Phi) is 4.64. The number of hydrogen-bond donors (Lipinski definition) is 3. The van der Waals surface area contributed by atoms with Crippen molar-refractivity contribution >= 4 is 15.9 Å². The Morgan fingerprint density at radius 3 is 1.93 bits per heavy atom. The summed E-state index contributed by atoms with van der Waals surface area (Å²) in [6.45, 7) is 0. The molecule has 0 aliphatic heterocycles. The van der Waals surface area contributed by atoms with Gasteiger partial charge in [-0.3, -0.25) is 10.1 Å². The van der Waals surface area contributed by atoms with Gasteiger partial charge in [0.15, 0.2) is 5.75 Å². The largest absolute Gasteiger partial charge is 0.502 e. The summed E-state index contributed by atoms with van der Waals surface area (Å²) < 4.78 is 18.4. The molecule has 84 valence electrons. The van der Waals surface area contributed by atoms with Gasteiger partial charge in [-0.05, 0) is 6.07 Å². The summed E-state index contributed by atoms with van der Waals surface area (Å²) in [5, 5.41) is 27.1. The van der Waals surface area contributed by atoms with E-state index in [0.29, 0.717) is 0 Å². The number of aromatic hydroxyl groups is 1. The molecule has 1 aromatic carbocycles. The molecule has 15 heavy (non-hydrogen) atoms. The zero-order valence-electron chi connectivity index (χ0n) is 7.40. The highest BCUT2D eigenvalue weighted by atomic mass is 32.2. The molecule has 0 aliphatic carbocycles. The average molecular weight is 235 g/mol. The van der Waals surface area contributed by atoms with E-state index in [-0.39, 0.29) is 11.4 Å². The van der Waals surface area contributed by atoms with Crippen LogP contribution in [0.5, 0.6) is 5.75 Å². The van der Waals surface area contributed by atoms with Crippen molar-refractivity contribution in [2.75, 3.05) is 0 Å². The summed E-state index contributed by atoms with van der Waals surface area (Å²) in [5.41, 5.74) is -0.262. The van der Waals surface area contributed by atoms with E-state index in [1.165, 1.54) is 24.3 Å². The number of para-hydroxylation sites is 2. The maximum Gasteiger partial charge on any atom is 0.310 e. The first kappa shape index (κ1) is 13.3. The van der Waals surface area contributed by atoms with Gasteiger partial charge >= 0.3 is 5.69 Å². The molecule has 0 spiro atoms. The number of nitro groups is 1. The van der Waals surface area contributed by atoms with Crippen LogP contribution in [-0.2, 0) is 10.2 Å². The predicted octanol–water partition coefficient (Wildman–Crippen LogP) is -0.551. The van der Waals surface area contributed by atoms with E-state index >= 15 is 0 Å². The van der Waals surface area contributed by atoms with E-state index in [4.69, 9.17) is 5.11 Å². The van der Waals surface area contributed by atoms with Gasteiger partial charge in [-0.25, -0.2) is 10.3 Å². The van der Waals surface area contributed by atoms with Crippen LogP contribution in [0.2, 0.25) is 0 Å². The third kappa shape index (κ3) is 7.37. The van der Waals surface area contributed by atoms with E-state index in [1.54, 1.807) is 0 Å². The molecule has 0 amide bonds. The highest BCUT2D eigenvalue weighted by molar-refractivity contribution is 7.86. The van der Waals surface area contributed by atoms with Crippen molar-refractivity contribution in [1.29, 1.82) is 0 Å². The van der Waals surface area contributed by atoms with E-state index in [0.717, 1.165) is 0 Å². The van der Waals surface area contributed by atoms with Gasteiger partial charge in [0.05, 0.1) is 4.92 Å². The Morgan fingerprint density at radius 2 is 1.67 bits per heavy atom. The molecular weight excluding hydrogens is 226 g/mol. The van der Waals surface area contributed by atoms with Gasteiger partial charge in [-0.1, -0.05) is 12.1 Å². The molecular formula is C6H9N3O5S. The van der Waals surface area contributed by atoms with Crippen LogP contribution in [-0.4, -0.2) is 18.4 Å². The minimum Gasteiger partial charge on any atom is -0.502 e. The summed E-state index contributed by atoms with van der Waals surface area (Å²) in [5.74, 6) is -0.299. The minimum absolute atomic E-state index is 0.262. The summed E-state index contributed by atoms with van der Waals surface area (Å²) >= 11 is 0. The molecule has 0 aliphatic rings. The molecule has 0 saturated heterocycles. The lowest BCUT2D eigenvalue weighted by molar-refractivity contribution is -0.385. The van der Waals surface area contributed by atoms with Crippen molar-refractivity contribution < 1.29 is 18.4 Å². The lowest BCUT2D eigenvalue weighted by Crippen LogP contribution is -2.21. The molecule has 0 radical (unpaired) electrons. The number of hydrogen-bond acceptors (Lipinski definition) is 5. The highest BCUT2D eigenvalue weighted by Gasteiger charge is 2.09. The number of nitrogens with zero attached hydrogens (tertiary/aromatic N) is 1. The van der Waals surface area contributed by atoms with Crippen LogP contribution >= 0.6 is 0 Å². The van der Waals surface area contributed by atoms with Gasteiger partial charge in [-0.15, -0.1) is 0 Å². The van der Waals surface area contributed by atoms with E-state index in [1.807, 2.05) is 0 Å². The number of nitrogens with two attached hydrogens (primary N) is 2. The van der Waals surface area contributed by atoms with Crippen molar-refractivity contribution in [3.8, 4) is 5.75 Å². The first-order valence-corrected chi connectivity index (χ1v) is 5.05. The van der Waals surface area contributed by atoms with Gasteiger partial charge in [0, 0.05) is 6.07 Å². The standard InChI is InChI=1S/C6H5NO3.H4N2O2S/c8-6-4-2-1-3-5(6)7(9)10;1-5(2,3)4/h1-4,8H;(H4,1,2,3,4). The molecule has 0 heterocycles. The normalized spacial score (nSPS) is 10.0. The SMILES string of the molecule is NS(N)(=O)=O.O=[N+]([O-])c1ccccc1O. The second-order valence-electron chi connectivity index (χ2n) is 2.33. The molecule has 1 rings (SSSR count). The van der Waals surface area contributed by atoms with Crippen molar-refractivity contribution in [3.63, 3.8) is 0 Å². The highest BCUT2D eigenvalue weighted by Crippen LogP contribution is 2.23. The van der Waals surface area contributed by atoms with Gasteiger partial charge < -0.3 is 5.11 Å². The molecule has 8 nitrogen and oxygen atoms in total. The zero-order chi connectivity index (χ0) is 12.1. The van der Waals surface area contributed by atoms with E-state index in [2.05, 4.69) is 10.3 Å². The average Bonchev–Trinajstić information content (AvgIpc) is 2.01. The molecule has 0 saturated carbocycles. The van der Waals surface area contributed by atoms with Crippen LogP contribution in [0.4, 0.5) is 5.69 Å². The number of phenolic OH excluding ortho intramolecular Hbond substituents is 1. The van der Waals surface area contributed by atoms with Crippen molar-refractivity contribution in [2.45, 2.75) is 0 Å². The van der Waals surface area contributed by atoms with Crippen molar-refractivity contribution in [3.05, 3.63) is 34.4 Å². The molecule has 0 bridgehead atoms. The summed E-state index contributed by atoms with van der Waals surface area (Å²) in [7, 11) is -3.67. The van der Waals surface area contributed by atoms with Crippen LogP contribution < -0.4 is 10.3 Å². The Balaban J connectivity index is 0.000000336. The quantitative estimate of drug-likeness (QED) is 0.440. The van der Waals surface area contributed by atoms with E-state index in [9.17, 15) is 18.5 Å². The smallest absolute Gasteiger partial charge is 0.310 e. The lowest BCUT2D eigenvalue weighted by atomic mass is 10.3. The number of nitro benzene ring substituents is 1. The minimum atomic E-state index is -3.67. The maximum atomic E-state index is 10.1. The van der Waals surface area contributed by atoms with Crippen molar-refractivity contribution in [1.82, 2.24) is 0 Å². The molecule has 0 fully saturated rings. The topological polar surface area (TPSA) is 150 Å². The molecule has 5 N–H and O–H groups in total.